The van der Waals surface area contributed by atoms with E-state index in [0.717, 1.165) is 0 Å². The number of rotatable bonds is 27. The summed E-state index contributed by atoms with van der Waals surface area (Å²) < 4.78 is 43.4. The fraction of sp³-hybridized carbons (Fsp3) is 0.800. The summed E-state index contributed by atoms with van der Waals surface area (Å²) in [6.07, 6.45) is 0. The van der Waals surface area contributed by atoms with Gasteiger partial charge in [0.15, 0.2) is 0 Å². The maximum Gasteiger partial charge on any atom is 1.00 e. The van der Waals surface area contributed by atoms with Gasteiger partial charge in [-0.2, -0.15) is 0 Å². The SMILES string of the molecule is CCOC(N)(C(=O)[O-])C(OCC)(OCC)C(=O)[O-].CCOC(N)(C(=O)[O-])C(OCC)(OCC)C(=O)[O-].CCOC(N)(C(=O)[O-])C(OCC)(OCC)C(=O)[O-].[Na+].[Na+].[Na+].[Na+].[Na+].[Na+]. The Hall–Kier alpha value is 2.34. The number of nitrogens with two attached hydrogens (primary N) is 3. The molecule has 3 unspecified atom stereocenters. The minimum atomic E-state index is -2.81. The number of carboxylic acid groups (broad SMARTS) is 6. The van der Waals surface area contributed by atoms with Crippen LogP contribution in [0.5, 0.6) is 0 Å². The zero-order valence-electron chi connectivity index (χ0n) is 37.7. The third-order valence-corrected chi connectivity index (χ3v) is 6.38. The maximum absolute atomic E-state index is 11.2. The van der Waals surface area contributed by atoms with Gasteiger partial charge in [-0.3, -0.25) is 17.2 Å². The van der Waals surface area contributed by atoms with Gasteiger partial charge in [-0.25, -0.2) is 0 Å². The molecule has 0 heterocycles. The molecule has 0 aromatic carbocycles. The Morgan fingerprint density at radius 3 is 0.483 bits per heavy atom. The molecule has 60 heavy (non-hydrogen) atoms. The van der Waals surface area contributed by atoms with Crippen LogP contribution in [-0.2, 0) is 71.4 Å². The molecule has 0 aliphatic rings. The van der Waals surface area contributed by atoms with Crippen LogP contribution in [0.15, 0.2) is 0 Å². The van der Waals surface area contributed by atoms with Crippen LogP contribution in [0, 0.1) is 0 Å². The molecule has 318 valence electrons. The van der Waals surface area contributed by atoms with Crippen LogP contribution in [0.3, 0.4) is 0 Å². The monoisotopic (exact) mass is 927 g/mol. The summed E-state index contributed by atoms with van der Waals surface area (Å²) in [5.74, 6) is -20.1. The average Bonchev–Trinajstić information content (AvgIpc) is 3.07. The third-order valence-electron chi connectivity index (χ3n) is 6.38. The molecule has 6 N–H and O–H groups in total. The predicted octanol–water partition coefficient (Wildman–Crippen LogP) is -27.1. The number of aliphatic carboxylic acids is 6. The molecule has 0 saturated heterocycles. The molecule has 24 nitrogen and oxygen atoms in total. The Morgan fingerprint density at radius 1 is 0.300 bits per heavy atom. The van der Waals surface area contributed by atoms with Crippen molar-refractivity contribution in [3.05, 3.63) is 0 Å². The number of hydrogen-bond acceptors (Lipinski definition) is 24. The van der Waals surface area contributed by atoms with E-state index in [1.165, 1.54) is 62.3 Å². The third kappa shape index (κ3) is 20.7. The van der Waals surface area contributed by atoms with Gasteiger partial charge in [0.2, 0.25) is 17.2 Å². The van der Waals surface area contributed by atoms with Gasteiger partial charge >= 0.3 is 177 Å². The standard InChI is InChI=1S/3C10H19NO7.6Na/c3*1-4-16-9(11,7(12)13)10(8(14)15,17-5-2)18-6-3;;;;;;/h3*4-6,11H2,1-3H3,(H,12,13)(H,14,15);;;;;;/q;;;6*+1/p-6. The Morgan fingerprint density at radius 2 is 0.417 bits per heavy atom. The molecule has 0 aromatic rings. The van der Waals surface area contributed by atoms with Crippen LogP contribution >= 0.6 is 0 Å². The second-order valence-electron chi connectivity index (χ2n) is 9.68. The molecule has 0 amide bonds. The van der Waals surface area contributed by atoms with E-state index in [1.54, 1.807) is 0 Å². The van der Waals surface area contributed by atoms with Crippen LogP contribution in [0.4, 0.5) is 0 Å². The van der Waals surface area contributed by atoms with Crippen LogP contribution in [0.2, 0.25) is 0 Å². The number of carbonyl (C=O) groups excluding carboxylic acids is 6. The van der Waals surface area contributed by atoms with Crippen molar-refractivity contribution < 1.29 is 279 Å². The van der Waals surface area contributed by atoms with Gasteiger partial charge in [0, 0.05) is 59.5 Å². The van der Waals surface area contributed by atoms with E-state index in [1.807, 2.05) is 0 Å². The molecular formula is C30H51N3Na6O21. The van der Waals surface area contributed by atoms with Crippen molar-refractivity contribution in [3.63, 3.8) is 0 Å². The molecule has 30 heteroatoms. The number of hydrogen-bond donors (Lipinski definition) is 3. The Bertz CT molecular complexity index is 1070. The van der Waals surface area contributed by atoms with Crippen molar-refractivity contribution in [3.8, 4) is 0 Å². The van der Waals surface area contributed by atoms with Crippen molar-refractivity contribution in [2.75, 3.05) is 59.5 Å². The van der Waals surface area contributed by atoms with Gasteiger partial charge in [0.05, 0.1) is 17.9 Å². The number of carboxylic acids is 6. The molecule has 0 radical (unpaired) electrons. The Labute approximate surface area is 482 Å². The average molecular weight is 928 g/mol. The number of ether oxygens (including phenoxy) is 9. The van der Waals surface area contributed by atoms with Crippen LogP contribution in [-0.4, -0.2) is 130 Å². The van der Waals surface area contributed by atoms with Crippen LogP contribution in [0.1, 0.15) is 62.3 Å². The first-order chi connectivity index (χ1) is 25.0. The summed E-state index contributed by atoms with van der Waals surface area (Å²) in [4.78, 5) is 66.9. The molecule has 0 fully saturated rings. The largest absolute Gasteiger partial charge is 1.00 e. The molecule has 0 aliphatic heterocycles. The van der Waals surface area contributed by atoms with Crippen LogP contribution in [0.25, 0.3) is 0 Å². The zero-order valence-corrected chi connectivity index (χ0v) is 49.7. The normalized spacial score (nSPS) is 13.6. The van der Waals surface area contributed by atoms with Crippen molar-refractivity contribution in [1.29, 1.82) is 0 Å². The van der Waals surface area contributed by atoms with E-state index >= 15 is 0 Å². The van der Waals surface area contributed by atoms with E-state index in [9.17, 15) is 59.4 Å². The number of carbonyl (C=O) groups is 6. The molecule has 0 spiro atoms. The molecule has 0 rings (SSSR count). The molecule has 0 aromatic heterocycles. The van der Waals surface area contributed by atoms with Crippen molar-refractivity contribution in [2.24, 2.45) is 17.2 Å². The van der Waals surface area contributed by atoms with Gasteiger partial charge in [-0.1, -0.05) is 0 Å². The second kappa shape index (κ2) is 40.4. The van der Waals surface area contributed by atoms with Crippen molar-refractivity contribution in [1.82, 2.24) is 0 Å². The Kier molecular flexibility index (Phi) is 55.5. The zero-order chi connectivity index (χ0) is 43.2. The van der Waals surface area contributed by atoms with Crippen molar-refractivity contribution >= 4 is 35.8 Å². The maximum atomic E-state index is 11.2. The van der Waals surface area contributed by atoms with Crippen molar-refractivity contribution in [2.45, 2.75) is 96.8 Å². The fourth-order valence-electron chi connectivity index (χ4n) is 4.34. The smallest absolute Gasteiger partial charge is 0.545 e. The van der Waals surface area contributed by atoms with Gasteiger partial charge in [-0.15, -0.1) is 0 Å². The fourth-order valence-corrected chi connectivity index (χ4v) is 4.34. The summed E-state index contributed by atoms with van der Waals surface area (Å²) in [6.45, 7) is 11.4. The molecule has 0 bridgehead atoms. The molecule has 3 atom stereocenters. The topological polar surface area (TPSA) is 402 Å². The summed E-state index contributed by atoms with van der Waals surface area (Å²) in [7, 11) is 0. The van der Waals surface area contributed by atoms with Gasteiger partial charge < -0.3 is 102 Å². The minimum absolute atomic E-state index is 0. The summed E-state index contributed by atoms with van der Waals surface area (Å²) >= 11 is 0. The van der Waals surface area contributed by atoms with Gasteiger partial charge in [0.1, 0.15) is 17.9 Å². The van der Waals surface area contributed by atoms with E-state index < -0.39 is 70.4 Å². The summed E-state index contributed by atoms with van der Waals surface area (Å²) in [5, 5.41) is 66.9. The first-order valence-electron chi connectivity index (χ1n) is 16.4. The van der Waals surface area contributed by atoms with Crippen LogP contribution < -0.4 is 225 Å². The molecular weight excluding hydrogens is 876 g/mol. The minimum Gasteiger partial charge on any atom is -0.545 e. The van der Waals surface area contributed by atoms with E-state index in [4.69, 9.17) is 59.8 Å². The molecule has 0 saturated carbocycles. The van der Waals surface area contributed by atoms with Gasteiger partial charge in [-0.05, 0) is 62.3 Å². The van der Waals surface area contributed by atoms with E-state index in [0.29, 0.717) is 0 Å². The summed E-state index contributed by atoms with van der Waals surface area (Å²) in [5.41, 5.74) is 7.91. The van der Waals surface area contributed by atoms with Gasteiger partial charge in [0.25, 0.3) is 17.4 Å². The summed E-state index contributed by atoms with van der Waals surface area (Å²) in [6, 6.07) is 0. The predicted molar refractivity (Wildman–Crippen MR) is 164 cm³/mol. The first-order valence-corrected chi connectivity index (χ1v) is 16.4. The van der Waals surface area contributed by atoms with E-state index in [2.05, 4.69) is 0 Å². The quantitative estimate of drug-likeness (QED) is 0.0508. The Balaban J connectivity index is -0.0000000885. The van der Waals surface area contributed by atoms with E-state index in [-0.39, 0.29) is 237 Å². The first kappa shape index (κ1) is 82.4. The second-order valence-corrected chi connectivity index (χ2v) is 9.68. The molecule has 0 aliphatic carbocycles.